The molecule has 2 saturated heterocycles. The van der Waals surface area contributed by atoms with Gasteiger partial charge < -0.3 is 10.0 Å². The van der Waals surface area contributed by atoms with Crippen molar-refractivity contribution in [2.24, 2.45) is 13.0 Å². The number of hydrogen-bond donors (Lipinski definition) is 1. The molecule has 160 valence electrons. The summed E-state index contributed by atoms with van der Waals surface area (Å²) >= 11 is 0. The van der Waals surface area contributed by atoms with E-state index in [4.69, 9.17) is 5.10 Å². The summed E-state index contributed by atoms with van der Waals surface area (Å²) in [7, 11) is 2.02. The fraction of sp³-hybridized carbons (Fsp3) is 0.680. The Morgan fingerprint density at radius 2 is 1.90 bits per heavy atom. The lowest BCUT2D eigenvalue weighted by atomic mass is 9.61. The van der Waals surface area contributed by atoms with Gasteiger partial charge in [0.05, 0.1) is 16.8 Å². The van der Waals surface area contributed by atoms with Crippen LogP contribution in [0.3, 0.4) is 0 Å². The van der Waals surface area contributed by atoms with Gasteiger partial charge in [-0.1, -0.05) is 26.0 Å². The second kappa shape index (κ2) is 6.09. The van der Waals surface area contributed by atoms with Gasteiger partial charge in [0.2, 0.25) is 5.91 Å². The molecule has 5 aliphatic rings. The van der Waals surface area contributed by atoms with Crippen LogP contribution in [-0.4, -0.2) is 43.4 Å². The summed E-state index contributed by atoms with van der Waals surface area (Å²) in [6.45, 7) is 4.36. The Kier molecular flexibility index (Phi) is 3.83. The van der Waals surface area contributed by atoms with E-state index in [-0.39, 0.29) is 23.4 Å². The summed E-state index contributed by atoms with van der Waals surface area (Å²) in [4.78, 5) is 15.8. The zero-order valence-corrected chi connectivity index (χ0v) is 18.4. The lowest BCUT2D eigenvalue weighted by Crippen LogP contribution is -2.66. The molecule has 1 aromatic heterocycles. The Labute approximate surface area is 178 Å². The molecule has 5 heteroatoms. The van der Waals surface area contributed by atoms with Crippen LogP contribution in [0.15, 0.2) is 18.2 Å². The van der Waals surface area contributed by atoms with Gasteiger partial charge in [0, 0.05) is 36.4 Å². The summed E-state index contributed by atoms with van der Waals surface area (Å²) < 4.78 is 1.99. The summed E-state index contributed by atoms with van der Waals surface area (Å²) in [5.41, 5.74) is 2.81. The van der Waals surface area contributed by atoms with Gasteiger partial charge >= 0.3 is 0 Å². The van der Waals surface area contributed by atoms with E-state index in [1.54, 1.807) is 0 Å². The number of aromatic nitrogens is 2. The van der Waals surface area contributed by atoms with Crippen molar-refractivity contribution in [2.75, 3.05) is 0 Å². The van der Waals surface area contributed by atoms with Gasteiger partial charge in [-0.15, -0.1) is 0 Å². The van der Waals surface area contributed by atoms with E-state index in [9.17, 15) is 9.90 Å². The van der Waals surface area contributed by atoms with Crippen molar-refractivity contribution < 1.29 is 9.90 Å². The molecule has 4 bridgehead atoms. The van der Waals surface area contributed by atoms with E-state index in [1.165, 1.54) is 29.3 Å². The quantitative estimate of drug-likeness (QED) is 0.833. The molecule has 3 heterocycles. The maximum Gasteiger partial charge on any atom is 0.224 e. The number of amides is 1. The Balaban J connectivity index is 1.32. The van der Waals surface area contributed by atoms with Gasteiger partial charge in [-0.05, 0) is 68.4 Å². The molecule has 2 aromatic rings. The molecule has 3 saturated carbocycles. The molecule has 30 heavy (non-hydrogen) atoms. The van der Waals surface area contributed by atoms with E-state index >= 15 is 0 Å². The second-order valence-corrected chi connectivity index (χ2v) is 11.3. The number of hydrogen-bond acceptors (Lipinski definition) is 3. The molecular formula is C25H33N3O2. The predicted octanol–water partition coefficient (Wildman–Crippen LogP) is 4.02. The monoisotopic (exact) mass is 407 g/mol. The van der Waals surface area contributed by atoms with Gasteiger partial charge in [0.25, 0.3) is 0 Å². The Morgan fingerprint density at radius 1 is 1.20 bits per heavy atom. The Bertz CT molecular complexity index is 1020. The number of carbonyl (C=O) groups is 1. The van der Waals surface area contributed by atoms with Crippen LogP contribution >= 0.6 is 0 Å². The topological polar surface area (TPSA) is 58.4 Å². The lowest BCUT2D eigenvalue weighted by molar-refractivity contribution is -0.175. The second-order valence-electron chi connectivity index (χ2n) is 11.3. The van der Waals surface area contributed by atoms with Crippen LogP contribution in [0, 0.1) is 5.92 Å². The number of rotatable bonds is 4. The number of piperidine rings is 2. The summed E-state index contributed by atoms with van der Waals surface area (Å²) in [6.07, 6.45) is 7.62. The highest BCUT2D eigenvalue weighted by Crippen LogP contribution is 2.52. The van der Waals surface area contributed by atoms with Crippen LogP contribution in [0.1, 0.15) is 82.4 Å². The van der Waals surface area contributed by atoms with Crippen LogP contribution in [0.5, 0.6) is 0 Å². The average molecular weight is 408 g/mol. The summed E-state index contributed by atoms with van der Waals surface area (Å²) in [5.74, 6) is 1.50. The Hall–Kier alpha value is -1.88. The Morgan fingerprint density at radius 3 is 2.53 bits per heavy atom. The zero-order chi connectivity index (χ0) is 20.8. The van der Waals surface area contributed by atoms with E-state index in [2.05, 4.69) is 36.9 Å². The van der Waals surface area contributed by atoms with Crippen LogP contribution in [0.2, 0.25) is 0 Å². The van der Waals surface area contributed by atoms with E-state index in [1.807, 2.05) is 11.7 Å². The lowest BCUT2D eigenvalue weighted by Gasteiger charge is -2.60. The molecule has 3 aliphatic carbocycles. The van der Waals surface area contributed by atoms with Crippen molar-refractivity contribution in [3.8, 4) is 0 Å². The third-order valence-electron chi connectivity index (χ3n) is 8.35. The number of benzene rings is 1. The molecular weight excluding hydrogens is 374 g/mol. The highest BCUT2D eigenvalue weighted by atomic mass is 16.3. The van der Waals surface area contributed by atoms with Crippen LogP contribution in [-0.2, 0) is 17.3 Å². The zero-order valence-electron chi connectivity index (χ0n) is 18.4. The van der Waals surface area contributed by atoms with Crippen molar-refractivity contribution in [1.82, 2.24) is 14.7 Å². The SMILES string of the molecule is Cn1nc(C(C)(C)CC(=O)N2C3CC4CC2CC(O)(C4)C3)c2c(C3CC3)cccc21. The van der Waals surface area contributed by atoms with Gasteiger partial charge in [0.15, 0.2) is 0 Å². The molecule has 5 nitrogen and oxygen atoms in total. The molecule has 1 amide bonds. The minimum absolute atomic E-state index is 0.229. The first-order valence-corrected chi connectivity index (χ1v) is 11.7. The number of aryl methyl sites for hydroxylation is 1. The molecule has 2 aliphatic heterocycles. The number of aliphatic hydroxyl groups is 1. The molecule has 1 aromatic carbocycles. The molecule has 0 spiro atoms. The van der Waals surface area contributed by atoms with E-state index in [0.29, 0.717) is 18.3 Å². The maximum atomic E-state index is 13.6. The smallest absolute Gasteiger partial charge is 0.224 e. The highest BCUT2D eigenvalue weighted by Gasteiger charge is 2.55. The number of fused-ring (bicyclic) bond motifs is 1. The first-order valence-electron chi connectivity index (χ1n) is 11.7. The average Bonchev–Trinajstić information content (AvgIpc) is 3.43. The van der Waals surface area contributed by atoms with Crippen LogP contribution < -0.4 is 0 Å². The molecule has 2 unspecified atom stereocenters. The highest BCUT2D eigenvalue weighted by molar-refractivity contribution is 5.88. The normalized spacial score (nSPS) is 32.9. The van der Waals surface area contributed by atoms with Gasteiger partial charge in [-0.3, -0.25) is 9.48 Å². The molecule has 7 rings (SSSR count). The number of carbonyl (C=O) groups excluding carboxylic acids is 1. The third-order valence-corrected chi connectivity index (χ3v) is 8.35. The molecule has 2 atom stereocenters. The minimum atomic E-state index is -0.515. The van der Waals surface area contributed by atoms with Gasteiger partial charge in [0.1, 0.15) is 0 Å². The summed E-state index contributed by atoms with van der Waals surface area (Å²) in [6, 6.07) is 7.01. The van der Waals surface area contributed by atoms with Crippen molar-refractivity contribution in [3.05, 3.63) is 29.5 Å². The minimum Gasteiger partial charge on any atom is -0.390 e. The van der Waals surface area contributed by atoms with E-state index in [0.717, 1.165) is 37.8 Å². The van der Waals surface area contributed by atoms with Crippen molar-refractivity contribution >= 4 is 16.8 Å². The third kappa shape index (κ3) is 2.77. The van der Waals surface area contributed by atoms with Crippen LogP contribution in [0.4, 0.5) is 0 Å². The molecule has 0 radical (unpaired) electrons. The number of nitrogens with zero attached hydrogens (tertiary/aromatic N) is 3. The van der Waals surface area contributed by atoms with Gasteiger partial charge in [-0.2, -0.15) is 5.10 Å². The summed E-state index contributed by atoms with van der Waals surface area (Å²) in [5, 5.41) is 17.1. The maximum absolute atomic E-state index is 13.6. The standard InChI is InChI=1S/C25H33N3O2/c1-24(2,23-22-19(16-7-8-16)5-4-6-20(22)27(3)26-23)14-21(29)28-17-9-15-10-18(28)13-25(30,11-15)12-17/h4-6,15-18,30H,7-14H2,1-3H3. The van der Waals surface area contributed by atoms with Crippen LogP contribution in [0.25, 0.3) is 10.9 Å². The van der Waals surface area contributed by atoms with Crippen molar-refractivity contribution in [2.45, 2.75) is 94.2 Å². The first-order chi connectivity index (χ1) is 14.2. The molecule has 1 N–H and O–H groups in total. The predicted molar refractivity (Wildman–Crippen MR) is 116 cm³/mol. The van der Waals surface area contributed by atoms with Crippen molar-refractivity contribution in [1.29, 1.82) is 0 Å². The fourth-order valence-electron chi connectivity index (χ4n) is 7.09. The van der Waals surface area contributed by atoms with Crippen molar-refractivity contribution in [3.63, 3.8) is 0 Å². The fourth-order valence-corrected chi connectivity index (χ4v) is 7.09. The molecule has 5 fully saturated rings. The van der Waals surface area contributed by atoms with Gasteiger partial charge in [-0.25, -0.2) is 0 Å². The van der Waals surface area contributed by atoms with E-state index < -0.39 is 5.60 Å². The first kappa shape index (κ1) is 18.9. The largest absolute Gasteiger partial charge is 0.390 e.